The van der Waals surface area contributed by atoms with Crippen molar-refractivity contribution in [2.45, 2.75) is 119 Å². The molecule has 244 valence electrons. The molecule has 0 atom stereocenters. The predicted molar refractivity (Wildman–Crippen MR) is 204 cm³/mol. The van der Waals surface area contributed by atoms with Crippen LogP contribution < -0.4 is 4.90 Å². The van der Waals surface area contributed by atoms with Crippen LogP contribution in [0.2, 0.25) is 0 Å². The van der Waals surface area contributed by atoms with E-state index in [-0.39, 0.29) is 29.7 Å². The van der Waals surface area contributed by atoms with Gasteiger partial charge in [0.05, 0.1) is 0 Å². The lowest BCUT2D eigenvalue weighted by Crippen LogP contribution is -2.21. The second kappa shape index (κ2) is 34.3. The highest BCUT2D eigenvalue weighted by atomic mass is 15.1. The molecule has 2 nitrogen and oxygen atoms in total. The Bertz CT molecular complexity index is 917. The maximum atomic E-state index is 2.38. The van der Waals surface area contributed by atoms with Crippen LogP contribution in [0, 0.1) is 0 Å². The number of nitrogens with zero attached hydrogens (tertiary/aromatic N) is 2. The zero-order chi connectivity index (χ0) is 29.3. The van der Waals surface area contributed by atoms with E-state index in [0.29, 0.717) is 0 Å². The van der Waals surface area contributed by atoms with Gasteiger partial charge in [-0.15, -0.1) is 0 Å². The highest BCUT2D eigenvalue weighted by Gasteiger charge is 2.14. The van der Waals surface area contributed by atoms with Crippen LogP contribution >= 0.6 is 0 Å². The fourth-order valence-electron chi connectivity index (χ4n) is 3.96. The predicted octanol–water partition coefficient (Wildman–Crippen LogP) is 13.0. The molecule has 0 heterocycles. The Hall–Kier alpha value is -2.87. The molecule has 0 saturated heterocycles. The Balaban J connectivity index is -0.000000226. The number of allylic oxidation sites excluding steroid dienone is 5. The quantitative estimate of drug-likeness (QED) is 0.294. The lowest BCUT2D eigenvalue weighted by Gasteiger charge is -2.22. The van der Waals surface area contributed by atoms with Crippen molar-refractivity contribution in [2.24, 2.45) is 0 Å². The largest absolute Gasteiger partial charge is 0.372 e. The van der Waals surface area contributed by atoms with Gasteiger partial charge < -0.3 is 4.90 Å². The Kier molecular flexibility index (Phi) is 42.4. The highest BCUT2D eigenvalue weighted by molar-refractivity contribution is 6.04. The summed E-state index contributed by atoms with van der Waals surface area (Å²) in [7, 11) is 0. The smallest absolute Gasteiger partial charge is 0.199 e. The summed E-state index contributed by atoms with van der Waals surface area (Å²) in [4.78, 5) is 2.38. The molecule has 0 saturated carbocycles. The van der Waals surface area contributed by atoms with E-state index in [9.17, 15) is 0 Å². The molecule has 2 heteroatoms. The van der Waals surface area contributed by atoms with E-state index in [1.165, 1.54) is 40.1 Å². The van der Waals surface area contributed by atoms with Crippen molar-refractivity contribution in [3.05, 3.63) is 95.6 Å². The van der Waals surface area contributed by atoms with Crippen LogP contribution in [0.3, 0.4) is 0 Å². The third-order valence-electron chi connectivity index (χ3n) is 5.63. The van der Waals surface area contributed by atoms with Crippen molar-refractivity contribution in [1.29, 1.82) is 0 Å². The number of hydrogen-bond acceptors (Lipinski definition) is 1. The van der Waals surface area contributed by atoms with Gasteiger partial charge in [-0.25, -0.2) is 4.58 Å². The molecule has 0 unspecified atom stereocenters. The highest BCUT2D eigenvalue weighted by Crippen LogP contribution is 2.31. The topological polar surface area (TPSA) is 6.25 Å². The van der Waals surface area contributed by atoms with Crippen molar-refractivity contribution >= 4 is 17.0 Å². The van der Waals surface area contributed by atoms with Gasteiger partial charge in [0, 0.05) is 30.9 Å². The summed E-state index contributed by atoms with van der Waals surface area (Å²) in [5.41, 5.74) is 7.60. The minimum absolute atomic E-state index is 0. The van der Waals surface area contributed by atoms with Gasteiger partial charge in [0.25, 0.3) is 0 Å². The summed E-state index contributed by atoms with van der Waals surface area (Å²) >= 11 is 0. The van der Waals surface area contributed by atoms with Gasteiger partial charge >= 0.3 is 0 Å². The summed E-state index contributed by atoms with van der Waals surface area (Å²) in [5, 5.41) is 0. The standard InChI is InChI=1S/C27H33N2.C3H8.3C2H6.4CH4/c1-5-28(6-2)25-18-14-23(15-19-25)27(22-12-10-9-11-13-22)24-16-20-26(21-17-24)29(7-3)8-4;1-3-2;3*1-2;;;;/h9-21H,5-8H2,1-4H3;3H2,1-2H3;3*1-2H3;4*1H4/q+1;;;;;;;;. The summed E-state index contributed by atoms with van der Waals surface area (Å²) in [5.74, 6) is 0. The number of benzene rings is 2. The van der Waals surface area contributed by atoms with E-state index in [4.69, 9.17) is 0 Å². The summed E-state index contributed by atoms with van der Waals surface area (Å²) in [6, 6.07) is 19.7. The van der Waals surface area contributed by atoms with Crippen LogP contribution in [-0.2, 0) is 0 Å². The molecular formula is C40H75N2+. The van der Waals surface area contributed by atoms with E-state index in [2.05, 4.69) is 130 Å². The molecule has 0 N–H and O–H groups in total. The zero-order valence-corrected chi connectivity index (χ0v) is 26.9. The molecule has 0 aromatic heterocycles. The van der Waals surface area contributed by atoms with Crippen LogP contribution in [0.1, 0.15) is 130 Å². The van der Waals surface area contributed by atoms with Gasteiger partial charge in [-0.1, -0.05) is 134 Å². The molecule has 0 amide bonds. The lowest BCUT2D eigenvalue weighted by molar-refractivity contribution is -0.519. The normalized spacial score (nSPS) is 9.81. The van der Waals surface area contributed by atoms with Crippen LogP contribution in [0.4, 0.5) is 5.69 Å². The van der Waals surface area contributed by atoms with Crippen LogP contribution in [-0.4, -0.2) is 36.5 Å². The van der Waals surface area contributed by atoms with Crippen LogP contribution in [0.5, 0.6) is 0 Å². The number of anilines is 1. The summed E-state index contributed by atoms with van der Waals surface area (Å²) < 4.78 is 2.38. The Morgan fingerprint density at radius 2 is 0.929 bits per heavy atom. The molecule has 0 spiro atoms. The van der Waals surface area contributed by atoms with E-state index in [1.54, 1.807) is 0 Å². The van der Waals surface area contributed by atoms with Crippen LogP contribution in [0.15, 0.2) is 84.5 Å². The molecule has 2 aromatic carbocycles. The van der Waals surface area contributed by atoms with Gasteiger partial charge in [0.2, 0.25) is 0 Å². The van der Waals surface area contributed by atoms with Gasteiger partial charge in [-0.3, -0.25) is 0 Å². The van der Waals surface area contributed by atoms with Gasteiger partial charge in [-0.05, 0) is 74.3 Å². The minimum Gasteiger partial charge on any atom is -0.372 e. The second-order valence-electron chi connectivity index (χ2n) is 7.89. The third kappa shape index (κ3) is 17.2. The Morgan fingerprint density at radius 1 is 0.548 bits per heavy atom. The monoisotopic (exact) mass is 584 g/mol. The lowest BCUT2D eigenvalue weighted by atomic mass is 9.90. The molecule has 3 rings (SSSR count). The number of rotatable bonds is 7. The average molecular weight is 584 g/mol. The Labute approximate surface area is 267 Å². The first-order valence-electron chi connectivity index (χ1n) is 15.3. The molecular weight excluding hydrogens is 508 g/mol. The maximum absolute atomic E-state index is 2.38. The fourth-order valence-corrected chi connectivity index (χ4v) is 3.96. The Morgan fingerprint density at radius 3 is 1.29 bits per heavy atom. The molecule has 2 aromatic rings. The van der Waals surface area contributed by atoms with Crippen molar-refractivity contribution < 1.29 is 4.58 Å². The minimum atomic E-state index is 0. The van der Waals surface area contributed by atoms with E-state index < -0.39 is 0 Å². The van der Waals surface area contributed by atoms with Crippen molar-refractivity contribution in [2.75, 3.05) is 31.1 Å². The van der Waals surface area contributed by atoms with Crippen molar-refractivity contribution in [3.63, 3.8) is 0 Å². The summed E-state index contributed by atoms with van der Waals surface area (Å²) in [6.45, 7) is 29.2. The van der Waals surface area contributed by atoms with E-state index >= 15 is 0 Å². The molecule has 0 bridgehead atoms. The van der Waals surface area contributed by atoms with Gasteiger partial charge in [0.1, 0.15) is 13.1 Å². The fraction of sp³-hybridized carbons (Fsp3) is 0.525. The van der Waals surface area contributed by atoms with Crippen molar-refractivity contribution in [1.82, 2.24) is 0 Å². The van der Waals surface area contributed by atoms with Crippen molar-refractivity contribution in [3.8, 4) is 0 Å². The van der Waals surface area contributed by atoms with Crippen LogP contribution in [0.25, 0.3) is 5.57 Å². The molecule has 42 heavy (non-hydrogen) atoms. The second-order valence-corrected chi connectivity index (χ2v) is 7.89. The molecule has 0 aliphatic heterocycles. The molecule has 1 aliphatic carbocycles. The third-order valence-corrected chi connectivity index (χ3v) is 5.63. The first kappa shape index (κ1) is 51.8. The first-order valence-corrected chi connectivity index (χ1v) is 15.3. The molecule has 0 fully saturated rings. The maximum Gasteiger partial charge on any atom is 0.199 e. The van der Waals surface area contributed by atoms with Gasteiger partial charge in [0.15, 0.2) is 5.71 Å². The summed E-state index contributed by atoms with van der Waals surface area (Å²) in [6.07, 6.45) is 10.3. The zero-order valence-electron chi connectivity index (χ0n) is 26.9. The molecule has 0 radical (unpaired) electrons. The molecule has 1 aliphatic rings. The average Bonchev–Trinajstić information content (AvgIpc) is 3.00. The number of hydrogen-bond donors (Lipinski definition) is 0. The SMILES string of the molecule is C.C.C.C.CC.CC.CC.CCC.CCN(CC)c1ccc(C(=C2C=CC(=[N+](CC)CC)C=C2)c2ccccc2)cc1. The van der Waals surface area contributed by atoms with E-state index in [1.807, 2.05) is 41.5 Å². The van der Waals surface area contributed by atoms with Gasteiger partial charge in [-0.2, -0.15) is 0 Å². The first-order chi connectivity index (χ1) is 18.6. The van der Waals surface area contributed by atoms with E-state index in [0.717, 1.165) is 26.2 Å².